The van der Waals surface area contributed by atoms with E-state index < -0.39 is 0 Å². The Morgan fingerprint density at radius 2 is 2.00 bits per heavy atom. The average molecular weight is 350 g/mol. The maximum absolute atomic E-state index is 5.89. The lowest BCUT2D eigenvalue weighted by atomic mass is 10.2. The van der Waals surface area contributed by atoms with E-state index in [2.05, 4.69) is 38.8 Å². The Morgan fingerprint density at radius 1 is 1.24 bits per heavy atom. The Hall–Kier alpha value is -1.75. The lowest BCUT2D eigenvalue weighted by Gasteiger charge is -2.20. The van der Waals surface area contributed by atoms with Gasteiger partial charge in [-0.1, -0.05) is 41.1 Å². The number of pyridine rings is 1. The first kappa shape index (κ1) is 15.6. The lowest BCUT2D eigenvalue weighted by Crippen LogP contribution is -2.18. The van der Waals surface area contributed by atoms with Crippen LogP contribution in [0.3, 0.4) is 0 Å². The van der Waals surface area contributed by atoms with Gasteiger partial charge in [-0.3, -0.25) is 0 Å². The number of nitrogens with zero attached hydrogens (tertiary/aromatic N) is 2. The smallest absolute Gasteiger partial charge is 0.239 e. The molecule has 4 nitrogen and oxygen atoms in total. The number of benzene rings is 1. The van der Waals surface area contributed by atoms with Crippen LogP contribution in [0.25, 0.3) is 0 Å². The Kier molecular flexibility index (Phi) is 5.44. The monoisotopic (exact) mass is 349 g/mol. The van der Waals surface area contributed by atoms with Crippen LogP contribution in [0, 0.1) is 0 Å². The molecule has 0 unspecified atom stereocenters. The molecular weight excluding hydrogens is 330 g/mol. The highest BCUT2D eigenvalue weighted by Gasteiger charge is 2.09. The fourth-order valence-corrected chi connectivity index (χ4v) is 2.34. The van der Waals surface area contributed by atoms with Crippen molar-refractivity contribution < 1.29 is 4.74 Å². The molecule has 0 atom stereocenters. The molecule has 0 amide bonds. The quantitative estimate of drug-likeness (QED) is 0.860. The number of anilines is 2. The van der Waals surface area contributed by atoms with E-state index >= 15 is 0 Å². The fraction of sp³-hybridized carbons (Fsp3) is 0.312. The first-order valence-electron chi connectivity index (χ1n) is 6.95. The molecule has 2 aromatic rings. The van der Waals surface area contributed by atoms with Gasteiger partial charge in [0.1, 0.15) is 5.82 Å². The highest BCUT2D eigenvalue weighted by molar-refractivity contribution is 9.10. The van der Waals surface area contributed by atoms with Gasteiger partial charge >= 0.3 is 0 Å². The zero-order valence-corrected chi connectivity index (χ0v) is 13.9. The van der Waals surface area contributed by atoms with Crippen molar-refractivity contribution in [3.63, 3.8) is 0 Å². The second-order valence-corrected chi connectivity index (χ2v) is 5.71. The van der Waals surface area contributed by atoms with E-state index in [0.717, 1.165) is 23.3 Å². The molecule has 0 fully saturated rings. The number of halogens is 1. The number of hydrogen-bond acceptors (Lipinski definition) is 4. The van der Waals surface area contributed by atoms with Gasteiger partial charge in [-0.2, -0.15) is 4.98 Å². The van der Waals surface area contributed by atoms with E-state index in [-0.39, 0.29) is 0 Å². The minimum Gasteiger partial charge on any atom is -0.476 e. The van der Waals surface area contributed by atoms with Crippen LogP contribution in [0.15, 0.2) is 40.9 Å². The summed E-state index contributed by atoms with van der Waals surface area (Å²) in [7, 11) is 2.00. The molecule has 0 radical (unpaired) electrons. The molecule has 0 spiro atoms. The van der Waals surface area contributed by atoms with Gasteiger partial charge in [0.2, 0.25) is 5.88 Å². The number of aromatic nitrogens is 1. The van der Waals surface area contributed by atoms with Crippen molar-refractivity contribution in [3.05, 3.63) is 46.4 Å². The summed E-state index contributed by atoms with van der Waals surface area (Å²) in [6, 6.07) is 11.9. The van der Waals surface area contributed by atoms with Gasteiger partial charge in [0.05, 0.1) is 12.3 Å². The molecule has 1 aromatic heterocycles. The second kappa shape index (κ2) is 7.31. The van der Waals surface area contributed by atoms with Crippen molar-refractivity contribution in [3.8, 4) is 5.88 Å². The number of hydrogen-bond donors (Lipinski definition) is 1. The van der Waals surface area contributed by atoms with Gasteiger partial charge in [-0.25, -0.2) is 0 Å². The van der Waals surface area contributed by atoms with Crippen molar-refractivity contribution in [1.82, 2.24) is 4.98 Å². The molecule has 112 valence electrons. The molecule has 2 rings (SSSR count). The summed E-state index contributed by atoms with van der Waals surface area (Å²) in [5.74, 6) is 1.35. The van der Waals surface area contributed by atoms with E-state index in [4.69, 9.17) is 10.5 Å². The minimum absolute atomic E-state index is 0.508. The molecule has 5 heteroatoms. The van der Waals surface area contributed by atoms with Crippen molar-refractivity contribution >= 4 is 27.4 Å². The molecule has 0 bridgehead atoms. The van der Waals surface area contributed by atoms with Crippen LogP contribution in [-0.4, -0.2) is 18.6 Å². The molecule has 21 heavy (non-hydrogen) atoms. The van der Waals surface area contributed by atoms with Gasteiger partial charge < -0.3 is 15.4 Å². The predicted molar refractivity (Wildman–Crippen MR) is 90.7 cm³/mol. The third-order valence-corrected chi connectivity index (χ3v) is 3.85. The predicted octanol–water partition coefficient (Wildman–Crippen LogP) is 3.85. The Labute approximate surface area is 134 Å². The van der Waals surface area contributed by atoms with Gasteiger partial charge in [0.15, 0.2) is 0 Å². The second-order valence-electron chi connectivity index (χ2n) is 4.86. The van der Waals surface area contributed by atoms with E-state index in [1.54, 1.807) is 0 Å². The summed E-state index contributed by atoms with van der Waals surface area (Å²) in [5, 5.41) is 0. The molecule has 0 saturated carbocycles. The van der Waals surface area contributed by atoms with Crippen molar-refractivity contribution in [2.75, 3.05) is 24.3 Å². The summed E-state index contributed by atoms with van der Waals surface area (Å²) < 4.78 is 6.67. The van der Waals surface area contributed by atoms with Crippen LogP contribution in [0.2, 0.25) is 0 Å². The highest BCUT2D eigenvalue weighted by Crippen LogP contribution is 2.25. The molecule has 0 aliphatic heterocycles. The van der Waals surface area contributed by atoms with E-state index in [1.165, 1.54) is 5.56 Å². The first-order chi connectivity index (χ1) is 10.1. The van der Waals surface area contributed by atoms with E-state index in [9.17, 15) is 0 Å². The van der Waals surface area contributed by atoms with E-state index in [0.29, 0.717) is 18.2 Å². The van der Waals surface area contributed by atoms with Crippen LogP contribution >= 0.6 is 15.9 Å². The summed E-state index contributed by atoms with van der Waals surface area (Å²) in [5.41, 5.74) is 7.67. The van der Waals surface area contributed by atoms with Gasteiger partial charge in [0, 0.05) is 18.1 Å². The Bertz CT molecular complexity index is 604. The van der Waals surface area contributed by atoms with E-state index in [1.807, 2.05) is 37.4 Å². The van der Waals surface area contributed by atoms with Crippen LogP contribution < -0.4 is 15.4 Å². The SMILES string of the molecule is CCCOc1nc(N(C)Cc2ccccc2Br)ccc1N. The zero-order valence-electron chi connectivity index (χ0n) is 12.3. The standard InChI is InChI=1S/C16H20BrN3O/c1-3-10-21-16-14(18)8-9-15(19-16)20(2)11-12-6-4-5-7-13(12)17/h4-9H,3,10-11,18H2,1-2H3. The number of nitrogens with two attached hydrogens (primary N) is 1. The first-order valence-corrected chi connectivity index (χ1v) is 7.75. The number of rotatable bonds is 6. The van der Waals surface area contributed by atoms with Crippen LogP contribution in [0.4, 0.5) is 11.5 Å². The van der Waals surface area contributed by atoms with Crippen LogP contribution in [0.1, 0.15) is 18.9 Å². The molecule has 0 aliphatic rings. The molecule has 0 aliphatic carbocycles. The largest absolute Gasteiger partial charge is 0.476 e. The molecule has 0 saturated heterocycles. The van der Waals surface area contributed by atoms with Gasteiger partial charge in [0.25, 0.3) is 0 Å². The summed E-state index contributed by atoms with van der Waals surface area (Å²) in [4.78, 5) is 6.57. The lowest BCUT2D eigenvalue weighted by molar-refractivity contribution is 0.307. The molecular formula is C16H20BrN3O. The minimum atomic E-state index is 0.508. The maximum Gasteiger partial charge on any atom is 0.239 e. The third kappa shape index (κ3) is 4.11. The molecule has 1 heterocycles. The summed E-state index contributed by atoms with van der Waals surface area (Å²) in [6.07, 6.45) is 0.929. The normalized spacial score (nSPS) is 10.4. The van der Waals surface area contributed by atoms with Crippen molar-refractivity contribution in [1.29, 1.82) is 0 Å². The van der Waals surface area contributed by atoms with Crippen molar-refractivity contribution in [2.24, 2.45) is 0 Å². The molecule has 1 aromatic carbocycles. The maximum atomic E-state index is 5.89. The molecule has 2 N–H and O–H groups in total. The fourth-order valence-electron chi connectivity index (χ4n) is 1.93. The summed E-state index contributed by atoms with van der Waals surface area (Å²) in [6.45, 7) is 3.43. The Balaban J connectivity index is 2.15. The average Bonchev–Trinajstić information content (AvgIpc) is 2.48. The topological polar surface area (TPSA) is 51.4 Å². The zero-order chi connectivity index (χ0) is 15.2. The van der Waals surface area contributed by atoms with Crippen molar-refractivity contribution in [2.45, 2.75) is 19.9 Å². The number of ether oxygens (including phenoxy) is 1. The highest BCUT2D eigenvalue weighted by atomic mass is 79.9. The van der Waals surface area contributed by atoms with Gasteiger partial charge in [-0.05, 0) is 30.2 Å². The Morgan fingerprint density at radius 3 is 2.71 bits per heavy atom. The third-order valence-electron chi connectivity index (χ3n) is 3.07. The van der Waals surface area contributed by atoms with Crippen LogP contribution in [0.5, 0.6) is 5.88 Å². The summed E-state index contributed by atoms with van der Waals surface area (Å²) >= 11 is 3.57. The van der Waals surface area contributed by atoms with Gasteiger partial charge in [-0.15, -0.1) is 0 Å². The van der Waals surface area contributed by atoms with Crippen LogP contribution in [-0.2, 0) is 6.54 Å². The number of nitrogen functional groups attached to an aromatic ring is 1.